The number of nitrogens with zero attached hydrogens (tertiary/aromatic N) is 6. The second-order valence-corrected chi connectivity index (χ2v) is 15.1. The Morgan fingerprint density at radius 2 is 1.49 bits per heavy atom. The molecule has 3 aliphatic heterocycles. The summed E-state index contributed by atoms with van der Waals surface area (Å²) in [6, 6.07) is 15.9. The van der Waals surface area contributed by atoms with Gasteiger partial charge in [0.25, 0.3) is 0 Å². The molecule has 2 atom stereocenters. The summed E-state index contributed by atoms with van der Waals surface area (Å²) in [5.74, 6) is 1.55. The van der Waals surface area contributed by atoms with Crippen LogP contribution in [0.4, 0.5) is 4.79 Å². The Morgan fingerprint density at radius 1 is 0.915 bits per heavy atom. The van der Waals surface area contributed by atoms with Crippen LogP contribution < -0.4 is 4.74 Å². The molecule has 0 N–H and O–H groups in total. The number of carbonyl (C=O) groups is 1. The van der Waals surface area contributed by atoms with Gasteiger partial charge in [0.1, 0.15) is 22.7 Å². The second-order valence-electron chi connectivity index (χ2n) is 14.3. The van der Waals surface area contributed by atoms with Crippen LogP contribution in [0.2, 0.25) is 10.0 Å². The quantitative estimate of drug-likeness (QED) is 0.264. The first-order valence-corrected chi connectivity index (χ1v) is 17.6. The molecule has 0 saturated carbocycles. The first-order valence-electron chi connectivity index (χ1n) is 16.8. The van der Waals surface area contributed by atoms with Crippen molar-refractivity contribution in [3.63, 3.8) is 0 Å². The highest BCUT2D eigenvalue weighted by Crippen LogP contribution is 2.54. The van der Waals surface area contributed by atoms with Gasteiger partial charge in [0.15, 0.2) is 0 Å². The first kappa shape index (κ1) is 33.7. The fourth-order valence-corrected chi connectivity index (χ4v) is 7.62. The molecule has 6 rings (SSSR count). The topological polar surface area (TPSA) is 74.2 Å². The third-order valence-electron chi connectivity index (χ3n) is 10.3. The highest BCUT2D eigenvalue weighted by atomic mass is 35.5. The first-order chi connectivity index (χ1) is 22.4. The lowest BCUT2D eigenvalue weighted by molar-refractivity contribution is 0.0871. The molecule has 4 heterocycles. The lowest BCUT2D eigenvalue weighted by Gasteiger charge is -2.47. The molecule has 10 heteroatoms. The van der Waals surface area contributed by atoms with Gasteiger partial charge in [0.2, 0.25) is 5.88 Å². The number of amidine groups is 1. The lowest BCUT2D eigenvalue weighted by atomic mass is 9.71. The van der Waals surface area contributed by atoms with Crippen molar-refractivity contribution in [3.8, 4) is 5.88 Å². The SMILES string of the molecule is CCOc1nc(C(C)(C)C)ncc1C1=N[C@@](C)(c2ccc(Cl)cc2)[C@@](C)(c2ccc(Cl)cc2)N1C(=O)N1CCC(N2CCCC2)CC1. The fourth-order valence-electron chi connectivity index (χ4n) is 7.37. The molecule has 0 spiro atoms. The summed E-state index contributed by atoms with van der Waals surface area (Å²) >= 11 is 12.8. The van der Waals surface area contributed by atoms with E-state index in [9.17, 15) is 0 Å². The van der Waals surface area contributed by atoms with Gasteiger partial charge in [0.05, 0.1) is 12.2 Å². The number of aliphatic imine (C=N–C) groups is 1. The van der Waals surface area contributed by atoms with Crippen molar-refractivity contribution in [3.05, 3.63) is 87.3 Å². The van der Waals surface area contributed by atoms with E-state index in [1.54, 1.807) is 6.20 Å². The number of piperidine rings is 1. The number of amides is 2. The van der Waals surface area contributed by atoms with Gasteiger partial charge in [-0.05, 0) is 94.9 Å². The van der Waals surface area contributed by atoms with Gasteiger partial charge in [-0.25, -0.2) is 9.78 Å². The molecule has 47 heavy (non-hydrogen) atoms. The van der Waals surface area contributed by atoms with E-state index in [-0.39, 0.29) is 11.4 Å². The minimum atomic E-state index is -0.976. The summed E-state index contributed by atoms with van der Waals surface area (Å²) in [5.41, 5.74) is 0.200. The Morgan fingerprint density at radius 3 is 2.04 bits per heavy atom. The van der Waals surface area contributed by atoms with Crippen LogP contribution in [0.25, 0.3) is 0 Å². The van der Waals surface area contributed by atoms with Crippen molar-refractivity contribution >= 4 is 35.1 Å². The van der Waals surface area contributed by atoms with Gasteiger partial charge < -0.3 is 14.5 Å². The van der Waals surface area contributed by atoms with Crippen LogP contribution in [0.3, 0.4) is 0 Å². The maximum Gasteiger partial charge on any atom is 0.326 e. The summed E-state index contributed by atoms with van der Waals surface area (Å²) in [6.45, 7) is 16.4. The van der Waals surface area contributed by atoms with Gasteiger partial charge >= 0.3 is 6.03 Å². The summed E-state index contributed by atoms with van der Waals surface area (Å²) in [6.07, 6.45) is 6.19. The van der Waals surface area contributed by atoms with Crippen LogP contribution in [-0.2, 0) is 16.5 Å². The molecule has 2 fully saturated rings. The Balaban J connectivity index is 1.52. The molecule has 0 radical (unpaired) electrons. The molecule has 1 aromatic heterocycles. The molecule has 0 unspecified atom stereocenters. The van der Waals surface area contributed by atoms with Gasteiger partial charge in [-0.15, -0.1) is 0 Å². The predicted molar refractivity (Wildman–Crippen MR) is 189 cm³/mol. The highest BCUT2D eigenvalue weighted by Gasteiger charge is 2.60. The van der Waals surface area contributed by atoms with Crippen LogP contribution in [0.1, 0.15) is 89.7 Å². The zero-order valence-corrected chi connectivity index (χ0v) is 29.9. The van der Waals surface area contributed by atoms with Crippen LogP contribution in [-0.4, -0.2) is 75.4 Å². The average molecular weight is 678 g/mol. The van der Waals surface area contributed by atoms with Gasteiger partial charge in [-0.2, -0.15) is 4.98 Å². The Kier molecular flexibility index (Phi) is 9.33. The number of hydrogen-bond donors (Lipinski definition) is 0. The van der Waals surface area contributed by atoms with Gasteiger partial charge in [-0.3, -0.25) is 9.89 Å². The van der Waals surface area contributed by atoms with Gasteiger partial charge in [-0.1, -0.05) is 68.2 Å². The molecule has 3 aliphatic rings. The van der Waals surface area contributed by atoms with Crippen molar-refractivity contribution < 1.29 is 9.53 Å². The lowest BCUT2D eigenvalue weighted by Crippen LogP contribution is -2.59. The molecular formula is C37H46Cl2N6O2. The molecular weight excluding hydrogens is 631 g/mol. The Hall–Kier alpha value is -3.20. The maximum atomic E-state index is 15.2. The van der Waals surface area contributed by atoms with Crippen molar-refractivity contribution in [2.24, 2.45) is 4.99 Å². The second kappa shape index (κ2) is 13.0. The molecule has 250 valence electrons. The smallest absolute Gasteiger partial charge is 0.326 e. The molecule has 2 aromatic carbocycles. The van der Waals surface area contributed by atoms with E-state index in [2.05, 4.69) is 39.5 Å². The third-order valence-corrected chi connectivity index (χ3v) is 10.8. The molecule has 2 saturated heterocycles. The van der Waals surface area contributed by atoms with E-state index in [0.29, 0.717) is 58.9 Å². The largest absolute Gasteiger partial charge is 0.477 e. The number of likely N-dealkylation sites (tertiary alicyclic amines) is 2. The number of carbonyl (C=O) groups excluding carboxylic acids is 1. The van der Waals surface area contributed by atoms with Crippen LogP contribution >= 0.6 is 23.2 Å². The van der Waals surface area contributed by atoms with E-state index in [4.69, 9.17) is 42.9 Å². The molecule has 3 aromatic rings. The number of rotatable bonds is 6. The van der Waals surface area contributed by atoms with E-state index in [1.165, 1.54) is 12.8 Å². The van der Waals surface area contributed by atoms with Crippen molar-refractivity contribution in [2.75, 3.05) is 32.8 Å². The van der Waals surface area contributed by atoms with E-state index in [0.717, 1.165) is 37.1 Å². The van der Waals surface area contributed by atoms with Crippen LogP contribution in [0.15, 0.2) is 59.7 Å². The predicted octanol–water partition coefficient (Wildman–Crippen LogP) is 8.05. The van der Waals surface area contributed by atoms with Crippen molar-refractivity contribution in [2.45, 2.75) is 89.8 Å². The third kappa shape index (κ3) is 6.13. The van der Waals surface area contributed by atoms with Crippen molar-refractivity contribution in [1.82, 2.24) is 24.7 Å². The minimum absolute atomic E-state index is 0.0962. The molecule has 0 bridgehead atoms. The van der Waals surface area contributed by atoms with Gasteiger partial charge in [0, 0.05) is 40.8 Å². The molecule has 2 amide bonds. The van der Waals surface area contributed by atoms with Crippen LogP contribution in [0.5, 0.6) is 5.88 Å². The number of halogens is 2. The number of benzene rings is 2. The molecule has 0 aliphatic carbocycles. The van der Waals surface area contributed by atoms with E-state index >= 15 is 4.79 Å². The summed E-state index contributed by atoms with van der Waals surface area (Å²) in [7, 11) is 0. The Bertz CT molecular complexity index is 1630. The van der Waals surface area contributed by atoms with Crippen molar-refractivity contribution in [1.29, 1.82) is 0 Å². The Labute approximate surface area is 289 Å². The standard InChI is InChI=1S/C37H46Cl2N6O2/c1-7-47-32-30(24-40-33(41-32)35(2,3)4)31-42-36(5,25-10-14-27(38)15-11-25)37(6,26-12-16-28(39)17-13-26)45(31)34(46)44-22-18-29(19-23-44)43-20-8-9-21-43/h10-17,24,29H,7-9,18-23H2,1-6H3/t36-,37+/m0/s1. The number of hydrogen-bond acceptors (Lipinski definition) is 6. The summed E-state index contributed by atoms with van der Waals surface area (Å²) in [5, 5.41) is 1.25. The maximum absolute atomic E-state index is 15.2. The van der Waals surface area contributed by atoms with E-state index < -0.39 is 11.1 Å². The fraction of sp³-hybridized carbons (Fsp3) is 0.514. The zero-order valence-electron chi connectivity index (χ0n) is 28.4. The molecule has 8 nitrogen and oxygen atoms in total. The average Bonchev–Trinajstić information content (AvgIpc) is 3.67. The number of ether oxygens (including phenoxy) is 1. The number of aromatic nitrogens is 2. The highest BCUT2D eigenvalue weighted by molar-refractivity contribution is 6.30. The summed E-state index contributed by atoms with van der Waals surface area (Å²) < 4.78 is 6.19. The zero-order chi connectivity index (χ0) is 33.6. The normalized spacial score (nSPS) is 24.1. The monoisotopic (exact) mass is 676 g/mol. The van der Waals surface area contributed by atoms with Crippen LogP contribution in [0, 0.1) is 0 Å². The van der Waals surface area contributed by atoms with E-state index in [1.807, 2.05) is 65.3 Å². The summed E-state index contributed by atoms with van der Waals surface area (Å²) in [4.78, 5) is 36.8. The minimum Gasteiger partial charge on any atom is -0.477 e. The number of urea groups is 1.